The van der Waals surface area contributed by atoms with Gasteiger partial charge in [0.2, 0.25) is 10.0 Å². The topological polar surface area (TPSA) is 66.4 Å². The number of aliphatic hydroxyl groups excluding tert-OH is 1. The van der Waals surface area contributed by atoms with Crippen molar-refractivity contribution in [3.63, 3.8) is 0 Å². The summed E-state index contributed by atoms with van der Waals surface area (Å²) in [5.41, 5.74) is 0. The fraction of sp³-hybridized carbons (Fsp3) is 0.538. The quantitative estimate of drug-likeness (QED) is 0.768. The highest BCUT2D eigenvalue weighted by atomic mass is 32.2. The summed E-state index contributed by atoms with van der Waals surface area (Å²) in [5, 5.41) is 8.92. The van der Waals surface area contributed by atoms with E-state index < -0.39 is 15.8 Å². The van der Waals surface area contributed by atoms with Gasteiger partial charge in [-0.15, -0.1) is 0 Å². The minimum Gasteiger partial charge on any atom is -0.396 e. The summed E-state index contributed by atoms with van der Waals surface area (Å²) in [6, 6.07) is 5.28. The summed E-state index contributed by atoms with van der Waals surface area (Å²) in [5.74, 6) is -0.694. The minimum atomic E-state index is -3.83. The van der Waals surface area contributed by atoms with Gasteiger partial charge in [-0.2, -0.15) is 0 Å². The van der Waals surface area contributed by atoms with Crippen LogP contribution >= 0.6 is 0 Å². The molecule has 0 radical (unpaired) electrons. The van der Waals surface area contributed by atoms with Crippen LogP contribution in [0.1, 0.15) is 26.2 Å². The molecular formula is C13H20FNO3S. The molecule has 0 spiro atoms. The summed E-state index contributed by atoms with van der Waals surface area (Å²) in [6.45, 7) is 2.23. The highest BCUT2D eigenvalue weighted by molar-refractivity contribution is 7.89. The van der Waals surface area contributed by atoms with E-state index in [-0.39, 0.29) is 24.0 Å². The Labute approximate surface area is 113 Å². The van der Waals surface area contributed by atoms with Crippen LogP contribution in [0.2, 0.25) is 0 Å². The molecule has 6 heteroatoms. The first-order valence-corrected chi connectivity index (χ1v) is 7.84. The summed E-state index contributed by atoms with van der Waals surface area (Å²) in [4.78, 5) is -0.339. The molecule has 0 aromatic heterocycles. The Kier molecular flexibility index (Phi) is 6.41. The Bertz CT molecular complexity index is 484. The minimum absolute atomic E-state index is 0.0199. The fourth-order valence-corrected chi connectivity index (χ4v) is 3.10. The standard InChI is InChI=1S/C13H20FNO3S/c1-2-5-11(8-9-16)10-15-19(17,18)13-7-4-3-6-12(13)14/h3-4,6-7,11,15-16H,2,5,8-10H2,1H3. The van der Waals surface area contributed by atoms with Crippen LogP contribution in [0.5, 0.6) is 0 Å². The Balaban J connectivity index is 2.72. The molecule has 1 rings (SSSR count). The molecule has 1 unspecified atom stereocenters. The van der Waals surface area contributed by atoms with Gasteiger partial charge >= 0.3 is 0 Å². The maximum atomic E-state index is 13.4. The predicted molar refractivity (Wildman–Crippen MR) is 71.7 cm³/mol. The van der Waals surface area contributed by atoms with Crippen molar-refractivity contribution in [2.45, 2.75) is 31.1 Å². The van der Waals surface area contributed by atoms with Gasteiger partial charge in [-0.05, 0) is 30.9 Å². The molecule has 0 aliphatic rings. The van der Waals surface area contributed by atoms with Crippen LogP contribution in [0.3, 0.4) is 0 Å². The Morgan fingerprint density at radius 2 is 2.00 bits per heavy atom. The number of halogens is 1. The Hall–Kier alpha value is -0.980. The van der Waals surface area contributed by atoms with Crippen LogP contribution in [0.25, 0.3) is 0 Å². The SMILES string of the molecule is CCCC(CCO)CNS(=O)(=O)c1ccccc1F. The van der Waals surface area contributed by atoms with Gasteiger partial charge in [0.1, 0.15) is 10.7 Å². The zero-order valence-electron chi connectivity index (χ0n) is 11.0. The second kappa shape index (κ2) is 7.57. The number of hydrogen-bond acceptors (Lipinski definition) is 3. The average molecular weight is 289 g/mol. The third-order valence-corrected chi connectivity index (χ3v) is 4.38. The lowest BCUT2D eigenvalue weighted by molar-refractivity contribution is 0.251. The van der Waals surface area contributed by atoms with E-state index in [1.165, 1.54) is 18.2 Å². The zero-order chi connectivity index (χ0) is 14.3. The molecule has 2 N–H and O–H groups in total. The fourth-order valence-electron chi connectivity index (χ4n) is 1.91. The van der Waals surface area contributed by atoms with Crippen LogP contribution in [-0.2, 0) is 10.0 Å². The zero-order valence-corrected chi connectivity index (χ0v) is 11.8. The molecule has 0 fully saturated rings. The molecule has 0 aliphatic carbocycles. The number of sulfonamides is 1. The maximum Gasteiger partial charge on any atom is 0.243 e. The van der Waals surface area contributed by atoms with Gasteiger partial charge in [0.15, 0.2) is 0 Å². The summed E-state index contributed by atoms with van der Waals surface area (Å²) < 4.78 is 39.8. The molecule has 4 nitrogen and oxygen atoms in total. The third kappa shape index (κ3) is 4.89. The van der Waals surface area contributed by atoms with Crippen molar-refractivity contribution >= 4 is 10.0 Å². The first-order chi connectivity index (χ1) is 9.01. The molecular weight excluding hydrogens is 269 g/mol. The van der Waals surface area contributed by atoms with E-state index in [9.17, 15) is 12.8 Å². The van der Waals surface area contributed by atoms with E-state index in [0.29, 0.717) is 6.42 Å². The van der Waals surface area contributed by atoms with Crippen molar-refractivity contribution in [1.82, 2.24) is 4.72 Å². The molecule has 1 atom stereocenters. The molecule has 0 heterocycles. The Morgan fingerprint density at radius 3 is 2.58 bits per heavy atom. The first-order valence-electron chi connectivity index (χ1n) is 6.36. The van der Waals surface area contributed by atoms with E-state index in [1.807, 2.05) is 6.92 Å². The smallest absolute Gasteiger partial charge is 0.243 e. The number of nitrogens with one attached hydrogen (secondary N) is 1. The van der Waals surface area contributed by atoms with Gasteiger partial charge in [0.25, 0.3) is 0 Å². The number of aliphatic hydroxyl groups is 1. The summed E-state index contributed by atoms with van der Waals surface area (Å²) in [7, 11) is -3.83. The van der Waals surface area contributed by atoms with E-state index >= 15 is 0 Å². The molecule has 19 heavy (non-hydrogen) atoms. The molecule has 0 aliphatic heterocycles. The largest absolute Gasteiger partial charge is 0.396 e. The number of benzene rings is 1. The van der Waals surface area contributed by atoms with Gasteiger partial charge in [0.05, 0.1) is 0 Å². The lowest BCUT2D eigenvalue weighted by Crippen LogP contribution is -2.30. The van der Waals surface area contributed by atoms with Crippen molar-refractivity contribution in [1.29, 1.82) is 0 Å². The van der Waals surface area contributed by atoms with Gasteiger partial charge in [-0.1, -0.05) is 25.5 Å². The normalized spacial score (nSPS) is 13.4. The summed E-state index contributed by atoms with van der Waals surface area (Å²) in [6.07, 6.45) is 2.26. The molecule has 1 aromatic carbocycles. The van der Waals surface area contributed by atoms with Gasteiger partial charge in [-0.3, -0.25) is 0 Å². The number of hydrogen-bond donors (Lipinski definition) is 2. The highest BCUT2D eigenvalue weighted by Crippen LogP contribution is 2.15. The average Bonchev–Trinajstić information content (AvgIpc) is 2.37. The van der Waals surface area contributed by atoms with E-state index in [1.54, 1.807) is 0 Å². The van der Waals surface area contributed by atoms with E-state index in [2.05, 4.69) is 4.72 Å². The van der Waals surface area contributed by atoms with Crippen LogP contribution in [0, 0.1) is 11.7 Å². The van der Waals surface area contributed by atoms with Gasteiger partial charge < -0.3 is 5.11 Å². The van der Waals surface area contributed by atoms with Crippen LogP contribution < -0.4 is 4.72 Å². The van der Waals surface area contributed by atoms with Crippen LogP contribution in [0.4, 0.5) is 4.39 Å². The van der Waals surface area contributed by atoms with Crippen LogP contribution in [-0.4, -0.2) is 26.7 Å². The van der Waals surface area contributed by atoms with Crippen molar-refractivity contribution in [3.8, 4) is 0 Å². The third-order valence-electron chi connectivity index (χ3n) is 2.92. The lowest BCUT2D eigenvalue weighted by atomic mass is 10.0. The van der Waals surface area contributed by atoms with Crippen molar-refractivity contribution in [2.75, 3.05) is 13.2 Å². The van der Waals surface area contributed by atoms with Gasteiger partial charge in [0, 0.05) is 13.2 Å². The van der Waals surface area contributed by atoms with Gasteiger partial charge in [-0.25, -0.2) is 17.5 Å². The molecule has 0 saturated heterocycles. The second-order valence-corrected chi connectivity index (χ2v) is 6.18. The second-order valence-electron chi connectivity index (χ2n) is 4.45. The molecule has 0 amide bonds. The Morgan fingerprint density at radius 1 is 1.32 bits per heavy atom. The summed E-state index contributed by atoms with van der Waals surface area (Å²) >= 11 is 0. The molecule has 108 valence electrons. The molecule has 0 saturated carbocycles. The lowest BCUT2D eigenvalue weighted by Gasteiger charge is -2.16. The first kappa shape index (κ1) is 16.1. The monoisotopic (exact) mass is 289 g/mol. The van der Waals surface area contributed by atoms with Crippen molar-refractivity contribution < 1.29 is 17.9 Å². The van der Waals surface area contributed by atoms with E-state index in [4.69, 9.17) is 5.11 Å². The highest BCUT2D eigenvalue weighted by Gasteiger charge is 2.19. The molecule has 1 aromatic rings. The van der Waals surface area contributed by atoms with Crippen molar-refractivity contribution in [3.05, 3.63) is 30.1 Å². The maximum absolute atomic E-state index is 13.4. The number of rotatable bonds is 8. The van der Waals surface area contributed by atoms with E-state index in [0.717, 1.165) is 18.9 Å². The van der Waals surface area contributed by atoms with Crippen molar-refractivity contribution in [2.24, 2.45) is 5.92 Å². The van der Waals surface area contributed by atoms with Crippen LogP contribution in [0.15, 0.2) is 29.2 Å². The molecule has 0 bridgehead atoms. The predicted octanol–water partition coefficient (Wildman–Crippen LogP) is 1.90.